The summed E-state index contributed by atoms with van der Waals surface area (Å²) < 4.78 is 26.0. The average Bonchev–Trinajstić information content (AvgIpc) is 3.58. The molecular weight excluding hydrogens is 818 g/mol. The first-order chi connectivity index (χ1) is 28.6. The molecule has 60 heavy (non-hydrogen) atoms. The highest BCUT2D eigenvalue weighted by molar-refractivity contribution is 7.54. The normalized spacial score (nSPS) is 33.0. The third-order valence-corrected chi connectivity index (χ3v) is 18.2. The van der Waals surface area contributed by atoms with E-state index in [9.17, 15) is 19.3 Å². The van der Waals surface area contributed by atoms with Crippen LogP contribution in [0.2, 0.25) is 0 Å². The van der Waals surface area contributed by atoms with E-state index in [2.05, 4.69) is 39.7 Å². The lowest BCUT2D eigenvalue weighted by Crippen LogP contribution is -2.48. The molecule has 2 bridgehead atoms. The Hall–Kier alpha value is -2.30. The number of hydrogen-bond acceptors (Lipinski definition) is 7. The molecule has 6 aliphatic rings. The monoisotopic (exact) mass is 884 g/mol. The number of para-hydroxylation sites is 1. The van der Waals surface area contributed by atoms with Crippen LogP contribution in [-0.4, -0.2) is 63.3 Å². The maximum atomic E-state index is 13.0. The van der Waals surface area contributed by atoms with Crippen molar-refractivity contribution in [3.63, 3.8) is 0 Å². The van der Waals surface area contributed by atoms with Crippen molar-refractivity contribution < 1.29 is 23.7 Å². The predicted octanol–water partition coefficient (Wildman–Crippen LogP) is 10.3. The summed E-state index contributed by atoms with van der Waals surface area (Å²) in [7, 11) is -2.84. The summed E-state index contributed by atoms with van der Waals surface area (Å²) in [6, 6.07) is 11.6. The number of cyclic esters (lactones) is 1. The largest absolute Gasteiger partial charge is 0.458 e. The minimum Gasteiger partial charge on any atom is -0.458 e. The number of esters is 1. The number of ether oxygens (including phenoxy) is 1. The van der Waals surface area contributed by atoms with Crippen molar-refractivity contribution in [1.29, 1.82) is 0 Å². The minimum absolute atomic E-state index is 0.110. The SMILES string of the molecule is CC[C@@]1(O)C(=O)OCc2c1cc1n(c2=O)Cc2cc3ccccc3nc2-1.C[C@@H]1CCC[C@@]2(C)CC[C@H]3[C@H](C)CC[C@@H](C[C@H]12)C3(C)C.O=P1(NCCCl)OCCCN1CCCl. The molecule has 5 heterocycles. The number of hydrogen-bond donors (Lipinski definition) is 2. The molecule has 1 saturated heterocycles. The standard InChI is InChI=1S/C20H16N2O4.C20H36.C7H15Cl2N2O2P/c1-2-20(25)14-8-16-17-12(7-11-5-3-4-6-15(11)21-17)9-22(16)18(23)13(14)10-26-19(20)24;1-14-7-6-11-20(5)12-10-17-15(2)8-9-16(13-18(14)20)19(17,3)4;8-2-4-10-14(12)11(6-3-9)5-1-7-13-14/h3-8,25H,2,9-10H2,1H3;14-18H,6-13H2,1-5H3;1-7H2,(H,10,12)/t20-;14-,15-,16+,17+,18-,20+;/m01./s1. The van der Waals surface area contributed by atoms with Gasteiger partial charge in [0.25, 0.3) is 5.56 Å². The van der Waals surface area contributed by atoms with Crippen molar-refractivity contribution >= 4 is 47.7 Å². The van der Waals surface area contributed by atoms with Gasteiger partial charge in [-0.3, -0.25) is 9.36 Å². The average molecular weight is 886 g/mol. The van der Waals surface area contributed by atoms with E-state index < -0.39 is 19.2 Å². The number of rotatable bonds is 6. The first kappa shape index (κ1) is 45.7. The van der Waals surface area contributed by atoms with Gasteiger partial charge < -0.3 is 18.9 Å². The highest BCUT2D eigenvalue weighted by Crippen LogP contribution is 2.60. The van der Waals surface area contributed by atoms with E-state index in [1.807, 2.05) is 30.3 Å². The second kappa shape index (κ2) is 18.4. The highest BCUT2D eigenvalue weighted by Gasteiger charge is 2.51. The van der Waals surface area contributed by atoms with Gasteiger partial charge in [0.05, 0.1) is 35.6 Å². The fourth-order valence-corrected chi connectivity index (χ4v) is 14.5. The molecule has 0 amide bonds. The van der Waals surface area contributed by atoms with Crippen LogP contribution in [0.4, 0.5) is 0 Å². The van der Waals surface area contributed by atoms with Crippen molar-refractivity contribution in [1.82, 2.24) is 19.3 Å². The quantitative estimate of drug-likeness (QED) is 0.111. The molecule has 4 fully saturated rings. The van der Waals surface area contributed by atoms with Crippen molar-refractivity contribution in [3.8, 4) is 11.4 Å². The van der Waals surface area contributed by atoms with Crippen LogP contribution in [0.25, 0.3) is 22.3 Å². The lowest BCUT2D eigenvalue weighted by molar-refractivity contribution is -0.172. The van der Waals surface area contributed by atoms with Gasteiger partial charge in [-0.15, -0.1) is 23.2 Å². The number of carbonyl (C=O) groups is 1. The lowest BCUT2D eigenvalue weighted by atomic mass is 9.48. The summed E-state index contributed by atoms with van der Waals surface area (Å²) in [6.07, 6.45) is 13.1. The first-order valence-corrected chi connectivity index (χ1v) is 25.2. The van der Waals surface area contributed by atoms with Crippen LogP contribution in [-0.2, 0) is 37.4 Å². The third-order valence-electron chi connectivity index (χ3n) is 15.6. The maximum absolute atomic E-state index is 13.0. The molecule has 8 atom stereocenters. The summed E-state index contributed by atoms with van der Waals surface area (Å²) in [5, 5.41) is 14.7. The maximum Gasteiger partial charge on any atom is 0.343 e. The van der Waals surface area contributed by atoms with E-state index in [0.717, 1.165) is 64.7 Å². The summed E-state index contributed by atoms with van der Waals surface area (Å²) in [6.45, 7) is 17.3. The Balaban J connectivity index is 0.000000143. The minimum atomic E-state index is -2.84. The molecule has 13 heteroatoms. The van der Waals surface area contributed by atoms with E-state index in [1.165, 1.54) is 51.4 Å². The smallest absolute Gasteiger partial charge is 0.343 e. The van der Waals surface area contributed by atoms with Gasteiger partial charge in [-0.2, -0.15) is 0 Å². The van der Waals surface area contributed by atoms with Crippen LogP contribution in [0, 0.1) is 40.4 Å². The number of aromatic nitrogens is 2. The molecule has 330 valence electrons. The Morgan fingerprint density at radius 1 is 0.983 bits per heavy atom. The second-order valence-corrected chi connectivity index (χ2v) is 22.3. The Morgan fingerprint density at radius 2 is 1.75 bits per heavy atom. The van der Waals surface area contributed by atoms with Gasteiger partial charge in [0, 0.05) is 47.9 Å². The zero-order valence-electron chi connectivity index (χ0n) is 36.6. The Labute approximate surface area is 367 Å². The van der Waals surface area contributed by atoms with Crippen molar-refractivity contribution in [2.75, 3.05) is 38.0 Å². The topological polar surface area (TPSA) is 123 Å². The highest BCUT2D eigenvalue weighted by atomic mass is 35.5. The number of halogens is 2. The number of nitrogens with one attached hydrogen (secondary N) is 1. The van der Waals surface area contributed by atoms with Gasteiger partial charge in [-0.25, -0.2) is 19.5 Å². The van der Waals surface area contributed by atoms with Crippen LogP contribution >= 0.6 is 30.9 Å². The van der Waals surface area contributed by atoms with E-state index in [0.29, 0.717) is 65.7 Å². The van der Waals surface area contributed by atoms with Gasteiger partial charge in [-0.05, 0) is 104 Å². The molecule has 1 aromatic carbocycles. The molecule has 9 rings (SSSR count). The fraction of sp³-hybridized carbons (Fsp3) is 0.681. The van der Waals surface area contributed by atoms with Crippen LogP contribution < -0.4 is 10.6 Å². The molecule has 10 nitrogen and oxygen atoms in total. The molecule has 3 saturated carbocycles. The van der Waals surface area contributed by atoms with Crippen molar-refractivity contribution in [2.45, 2.75) is 125 Å². The molecule has 1 unspecified atom stereocenters. The van der Waals surface area contributed by atoms with Crippen LogP contribution in [0.1, 0.15) is 122 Å². The van der Waals surface area contributed by atoms with Gasteiger partial charge in [0.1, 0.15) is 6.61 Å². The van der Waals surface area contributed by atoms with Crippen molar-refractivity contribution in [2.24, 2.45) is 40.4 Å². The van der Waals surface area contributed by atoms with Gasteiger partial charge in [-0.1, -0.05) is 79.0 Å². The zero-order chi connectivity index (χ0) is 43.0. The van der Waals surface area contributed by atoms with Crippen LogP contribution in [0.15, 0.2) is 41.2 Å². The third kappa shape index (κ3) is 8.66. The Kier molecular flexibility index (Phi) is 14.0. The predicted molar refractivity (Wildman–Crippen MR) is 241 cm³/mol. The molecule has 3 aliphatic heterocycles. The zero-order valence-corrected chi connectivity index (χ0v) is 39.0. The molecule has 0 radical (unpaired) electrons. The Morgan fingerprint density at radius 3 is 2.50 bits per heavy atom. The molecule has 2 N–H and O–H groups in total. The molecule has 3 aliphatic carbocycles. The number of pyridine rings is 2. The van der Waals surface area contributed by atoms with Crippen LogP contribution in [0.3, 0.4) is 0 Å². The van der Waals surface area contributed by atoms with E-state index in [1.54, 1.807) is 22.2 Å². The molecular formula is C47H67Cl2N4O6P. The van der Waals surface area contributed by atoms with Crippen LogP contribution in [0.5, 0.6) is 0 Å². The van der Waals surface area contributed by atoms with E-state index in [4.69, 9.17) is 37.4 Å². The number of aliphatic hydroxyl groups is 1. The molecule has 0 spiro atoms. The summed E-state index contributed by atoms with van der Waals surface area (Å²) in [5.41, 5.74) is 3.08. The molecule has 2 aromatic heterocycles. The number of benzene rings is 1. The number of nitrogens with zero attached hydrogens (tertiary/aromatic N) is 3. The van der Waals surface area contributed by atoms with E-state index >= 15 is 0 Å². The Bertz CT molecular complexity index is 2150. The summed E-state index contributed by atoms with van der Waals surface area (Å²) in [4.78, 5) is 29.9. The van der Waals surface area contributed by atoms with E-state index in [-0.39, 0.29) is 18.6 Å². The van der Waals surface area contributed by atoms with Gasteiger partial charge in [0.15, 0.2) is 5.60 Å². The summed E-state index contributed by atoms with van der Waals surface area (Å²) in [5.74, 6) is 5.09. The molecule has 3 aromatic rings. The number of carbonyl (C=O) groups excluding carboxylic acids is 1. The number of alkyl halides is 2. The van der Waals surface area contributed by atoms with Gasteiger partial charge in [0.2, 0.25) is 0 Å². The second-order valence-electron chi connectivity index (χ2n) is 19.3. The van der Waals surface area contributed by atoms with Crippen molar-refractivity contribution in [3.05, 3.63) is 63.4 Å². The fourth-order valence-electron chi connectivity index (χ4n) is 11.9. The summed E-state index contributed by atoms with van der Waals surface area (Å²) >= 11 is 11.1. The first-order valence-electron chi connectivity index (χ1n) is 22.5. The number of fused-ring (bicyclic) bond motifs is 8. The lowest BCUT2D eigenvalue weighted by Gasteiger charge is -2.57. The van der Waals surface area contributed by atoms with Gasteiger partial charge >= 0.3 is 13.6 Å².